The molecule has 5 rings (SSSR count). The standard InChI is InChI=1S/C29H23NO3/c1-18-10-8-17-24(19(18)2)30-26(21-12-4-3-5-13-21)25(28(32)29(30)33)27(31)23-16-9-14-20-11-6-7-15-22(20)23/h3-17,26,31H,1-2H3/b27-25-. The van der Waals surface area contributed by atoms with Crippen molar-refractivity contribution < 1.29 is 14.7 Å². The third kappa shape index (κ3) is 3.31. The Morgan fingerprint density at radius 1 is 0.788 bits per heavy atom. The summed E-state index contributed by atoms with van der Waals surface area (Å²) < 4.78 is 0. The van der Waals surface area contributed by atoms with Gasteiger partial charge in [-0.05, 0) is 47.4 Å². The first-order valence-corrected chi connectivity index (χ1v) is 10.9. The van der Waals surface area contributed by atoms with Crippen molar-refractivity contribution in [2.45, 2.75) is 19.9 Å². The number of nitrogens with zero attached hydrogens (tertiary/aromatic N) is 1. The van der Waals surface area contributed by atoms with E-state index in [4.69, 9.17) is 0 Å². The van der Waals surface area contributed by atoms with Crippen LogP contribution in [0.25, 0.3) is 16.5 Å². The second kappa shape index (κ2) is 8.06. The van der Waals surface area contributed by atoms with Gasteiger partial charge in [-0.25, -0.2) is 0 Å². The first-order valence-electron chi connectivity index (χ1n) is 10.9. The largest absolute Gasteiger partial charge is 0.507 e. The maximum absolute atomic E-state index is 13.4. The molecular formula is C29H23NO3. The first kappa shape index (κ1) is 20.7. The lowest BCUT2D eigenvalue weighted by molar-refractivity contribution is -0.132. The minimum absolute atomic E-state index is 0.100. The lowest BCUT2D eigenvalue weighted by atomic mass is 9.93. The average molecular weight is 434 g/mol. The van der Waals surface area contributed by atoms with Crippen LogP contribution < -0.4 is 4.90 Å². The van der Waals surface area contributed by atoms with Gasteiger partial charge in [-0.3, -0.25) is 14.5 Å². The summed E-state index contributed by atoms with van der Waals surface area (Å²) >= 11 is 0. The summed E-state index contributed by atoms with van der Waals surface area (Å²) in [7, 11) is 0. The number of aliphatic hydroxyl groups excluding tert-OH is 1. The van der Waals surface area contributed by atoms with Crippen LogP contribution in [0.5, 0.6) is 0 Å². The molecule has 4 aromatic carbocycles. The van der Waals surface area contributed by atoms with Crippen LogP contribution in [0.2, 0.25) is 0 Å². The molecule has 4 nitrogen and oxygen atoms in total. The zero-order chi connectivity index (χ0) is 23.1. The van der Waals surface area contributed by atoms with E-state index in [1.807, 2.05) is 98.8 Å². The number of aliphatic hydroxyl groups is 1. The molecule has 1 N–H and O–H groups in total. The minimum Gasteiger partial charge on any atom is -0.507 e. The van der Waals surface area contributed by atoms with E-state index >= 15 is 0 Å². The smallest absolute Gasteiger partial charge is 0.300 e. The highest BCUT2D eigenvalue weighted by Crippen LogP contribution is 2.44. The van der Waals surface area contributed by atoms with Crippen LogP contribution in [0.15, 0.2) is 96.6 Å². The number of carbonyl (C=O) groups excluding carboxylic acids is 2. The van der Waals surface area contributed by atoms with Crippen molar-refractivity contribution in [3.8, 4) is 0 Å². The molecule has 4 aromatic rings. The number of aryl methyl sites for hydroxylation is 1. The Kier molecular flexibility index (Phi) is 5.06. The number of hydrogen-bond donors (Lipinski definition) is 1. The number of fused-ring (bicyclic) bond motifs is 1. The molecule has 162 valence electrons. The lowest BCUT2D eigenvalue weighted by Crippen LogP contribution is -2.30. The maximum Gasteiger partial charge on any atom is 0.300 e. The summed E-state index contributed by atoms with van der Waals surface area (Å²) in [5.74, 6) is -1.48. The van der Waals surface area contributed by atoms with Crippen molar-refractivity contribution in [2.75, 3.05) is 4.90 Å². The molecule has 33 heavy (non-hydrogen) atoms. The monoisotopic (exact) mass is 433 g/mol. The number of rotatable bonds is 3. The number of benzene rings is 4. The van der Waals surface area contributed by atoms with Crippen molar-refractivity contribution in [2.24, 2.45) is 0 Å². The fourth-order valence-electron chi connectivity index (χ4n) is 4.61. The molecule has 1 unspecified atom stereocenters. The second-order valence-electron chi connectivity index (χ2n) is 8.33. The van der Waals surface area contributed by atoms with Gasteiger partial charge in [0.15, 0.2) is 0 Å². The molecule has 1 aliphatic heterocycles. The third-order valence-corrected chi connectivity index (χ3v) is 6.44. The molecule has 0 radical (unpaired) electrons. The van der Waals surface area contributed by atoms with Gasteiger partial charge in [0.2, 0.25) is 0 Å². The van der Waals surface area contributed by atoms with Crippen molar-refractivity contribution in [3.63, 3.8) is 0 Å². The van der Waals surface area contributed by atoms with Crippen molar-refractivity contribution >= 4 is 33.9 Å². The van der Waals surface area contributed by atoms with Crippen LogP contribution in [-0.4, -0.2) is 16.8 Å². The zero-order valence-electron chi connectivity index (χ0n) is 18.4. The van der Waals surface area contributed by atoms with Gasteiger partial charge in [-0.2, -0.15) is 0 Å². The van der Waals surface area contributed by atoms with Crippen LogP contribution in [0.3, 0.4) is 0 Å². The number of hydrogen-bond acceptors (Lipinski definition) is 3. The fourth-order valence-corrected chi connectivity index (χ4v) is 4.61. The van der Waals surface area contributed by atoms with Crippen LogP contribution >= 0.6 is 0 Å². The second-order valence-corrected chi connectivity index (χ2v) is 8.33. The van der Waals surface area contributed by atoms with Gasteiger partial charge < -0.3 is 5.11 Å². The third-order valence-electron chi connectivity index (χ3n) is 6.44. The number of ketones is 1. The number of anilines is 1. The number of amides is 1. The Hall–Kier alpha value is -4.18. The minimum atomic E-state index is -0.731. The van der Waals surface area contributed by atoms with Crippen LogP contribution in [0, 0.1) is 13.8 Å². The number of carbonyl (C=O) groups is 2. The van der Waals surface area contributed by atoms with E-state index in [2.05, 4.69) is 0 Å². The van der Waals surface area contributed by atoms with Crippen molar-refractivity contribution in [3.05, 3.63) is 119 Å². The topological polar surface area (TPSA) is 57.6 Å². The van der Waals surface area contributed by atoms with E-state index < -0.39 is 17.7 Å². The van der Waals surface area contributed by atoms with Crippen LogP contribution in [-0.2, 0) is 9.59 Å². The van der Waals surface area contributed by atoms with Gasteiger partial charge in [-0.1, -0.05) is 84.9 Å². The van der Waals surface area contributed by atoms with Crippen molar-refractivity contribution in [1.29, 1.82) is 0 Å². The van der Waals surface area contributed by atoms with Gasteiger partial charge in [0.05, 0.1) is 11.6 Å². The molecule has 1 atom stereocenters. The van der Waals surface area contributed by atoms with E-state index in [0.29, 0.717) is 11.3 Å². The summed E-state index contributed by atoms with van der Waals surface area (Å²) in [6.07, 6.45) is 0. The predicted molar refractivity (Wildman–Crippen MR) is 131 cm³/mol. The molecule has 0 saturated carbocycles. The Bertz CT molecular complexity index is 1430. The van der Waals surface area contributed by atoms with Gasteiger partial charge in [0.1, 0.15) is 5.76 Å². The van der Waals surface area contributed by atoms with E-state index in [1.54, 1.807) is 6.07 Å². The quantitative estimate of drug-likeness (QED) is 0.242. The van der Waals surface area contributed by atoms with Gasteiger partial charge in [0.25, 0.3) is 11.7 Å². The van der Waals surface area contributed by atoms with Crippen LogP contribution in [0.4, 0.5) is 5.69 Å². The lowest BCUT2D eigenvalue weighted by Gasteiger charge is -2.27. The predicted octanol–water partition coefficient (Wildman–Crippen LogP) is 6.08. The molecular weight excluding hydrogens is 410 g/mol. The SMILES string of the molecule is Cc1cccc(N2C(=O)C(=O)/C(=C(\O)c3cccc4ccccc34)C2c2ccccc2)c1C. The van der Waals surface area contributed by atoms with Crippen molar-refractivity contribution in [1.82, 2.24) is 0 Å². The molecule has 1 amide bonds. The van der Waals surface area contributed by atoms with Gasteiger partial charge in [-0.15, -0.1) is 0 Å². The van der Waals surface area contributed by atoms with E-state index in [0.717, 1.165) is 27.5 Å². The van der Waals surface area contributed by atoms with E-state index in [-0.39, 0.29) is 11.3 Å². The van der Waals surface area contributed by atoms with Gasteiger partial charge in [0, 0.05) is 11.3 Å². The first-order chi connectivity index (χ1) is 16.0. The normalized spacial score (nSPS) is 17.6. The molecule has 0 bridgehead atoms. The summed E-state index contributed by atoms with van der Waals surface area (Å²) in [5, 5.41) is 13.3. The van der Waals surface area contributed by atoms with E-state index in [9.17, 15) is 14.7 Å². The molecule has 0 spiro atoms. The Morgan fingerprint density at radius 2 is 1.45 bits per heavy atom. The highest BCUT2D eigenvalue weighted by Gasteiger charge is 2.47. The summed E-state index contributed by atoms with van der Waals surface area (Å²) in [6.45, 7) is 3.92. The average Bonchev–Trinajstić information content (AvgIpc) is 3.11. The molecule has 0 aliphatic carbocycles. The summed E-state index contributed by atoms with van der Waals surface area (Å²) in [6, 6.07) is 27.6. The molecule has 0 aromatic heterocycles. The highest BCUT2D eigenvalue weighted by atomic mass is 16.3. The molecule has 1 fully saturated rings. The fraction of sp³-hybridized carbons (Fsp3) is 0.103. The Labute approximate surface area is 192 Å². The molecule has 1 saturated heterocycles. The summed E-state index contributed by atoms with van der Waals surface area (Å²) in [4.78, 5) is 28.3. The molecule has 1 heterocycles. The van der Waals surface area contributed by atoms with Gasteiger partial charge >= 0.3 is 0 Å². The molecule has 4 heteroatoms. The zero-order valence-corrected chi connectivity index (χ0v) is 18.4. The van der Waals surface area contributed by atoms with Crippen LogP contribution in [0.1, 0.15) is 28.3 Å². The highest BCUT2D eigenvalue weighted by molar-refractivity contribution is 6.52. The summed E-state index contributed by atoms with van der Waals surface area (Å²) in [5.41, 5.74) is 4.01. The Balaban J connectivity index is 1.80. The number of Topliss-reactive ketones (excluding diaryl/α,β-unsaturated/α-hetero) is 1. The Morgan fingerprint density at radius 3 is 2.24 bits per heavy atom. The molecule has 1 aliphatic rings. The van der Waals surface area contributed by atoms with E-state index in [1.165, 1.54) is 4.90 Å². The maximum atomic E-state index is 13.4.